The third kappa shape index (κ3) is 6.68. The summed E-state index contributed by atoms with van der Waals surface area (Å²) < 4.78 is 72.3. The van der Waals surface area contributed by atoms with Crippen LogP contribution in [0.2, 0.25) is 0 Å². The number of methoxy groups -OCH3 is 1. The van der Waals surface area contributed by atoms with Gasteiger partial charge in [-0.25, -0.2) is 18.7 Å². The van der Waals surface area contributed by atoms with Crippen LogP contribution in [0, 0.1) is 5.92 Å². The number of pyridine rings is 1. The number of amides is 1. The predicted octanol–water partition coefficient (Wildman–Crippen LogP) is 3.25. The molecule has 0 aliphatic carbocycles. The molecule has 3 rings (SSSR count). The highest BCUT2D eigenvalue weighted by atomic mass is 19.4. The molecule has 1 aliphatic heterocycles. The van der Waals surface area contributed by atoms with Crippen molar-refractivity contribution in [1.29, 1.82) is 0 Å². The minimum absolute atomic E-state index is 0.00492. The van der Waals surface area contributed by atoms with Gasteiger partial charge in [-0.05, 0) is 18.1 Å². The Morgan fingerprint density at radius 1 is 1.27 bits per heavy atom. The fourth-order valence-electron chi connectivity index (χ4n) is 3.99. The molecule has 14 heteroatoms. The number of likely N-dealkylation sites (tertiary alicyclic amines) is 1. The van der Waals surface area contributed by atoms with E-state index in [1.807, 2.05) is 0 Å². The Kier molecular flexibility index (Phi) is 8.28. The van der Waals surface area contributed by atoms with Crippen molar-refractivity contribution >= 4 is 23.5 Å². The molecule has 9 nitrogen and oxygen atoms in total. The summed E-state index contributed by atoms with van der Waals surface area (Å²) in [6, 6.07) is 2.36. The zero-order chi connectivity index (χ0) is 27.4. The lowest BCUT2D eigenvalue weighted by atomic mass is 9.88. The Hall–Kier alpha value is -3.84. The second-order valence-corrected chi connectivity index (χ2v) is 8.50. The Labute approximate surface area is 209 Å². The Bertz CT molecular complexity index is 1150. The van der Waals surface area contributed by atoms with E-state index in [-0.39, 0.29) is 29.3 Å². The van der Waals surface area contributed by atoms with Crippen LogP contribution in [0.3, 0.4) is 0 Å². The topological polar surface area (TPSA) is 119 Å². The first-order chi connectivity index (χ1) is 17.4. The van der Waals surface area contributed by atoms with Crippen LogP contribution in [0.1, 0.15) is 24.7 Å². The Balaban J connectivity index is 1.89. The van der Waals surface area contributed by atoms with E-state index < -0.39 is 48.6 Å². The van der Waals surface area contributed by atoms with Crippen LogP contribution in [-0.4, -0.2) is 71.2 Å². The summed E-state index contributed by atoms with van der Waals surface area (Å²) in [6.07, 6.45) is -0.988. The number of piperidine rings is 1. The number of aliphatic imine (C=N–C) groups is 1. The standard InChI is InChI=1S/C23H26F5N7O2/c1-13-6-22(24,25)12-35(17(13)9-33-19-11-32-18(10-34-19)23(26,27)28)21(36)20(29)15(8-30-2)16-5-4-14(37-3)7-31-16/h4-5,7-8,10-11,13,17H,6,9,12,29H2,1-3H3,(H,33,34)/t13?,17-/m1/s1. The molecule has 1 unspecified atom stereocenters. The van der Waals surface area contributed by atoms with Crippen molar-refractivity contribution in [1.82, 2.24) is 19.9 Å². The molecular formula is C23H26F5N7O2. The summed E-state index contributed by atoms with van der Waals surface area (Å²) in [4.78, 5) is 29.5. The van der Waals surface area contributed by atoms with Crippen LogP contribution >= 0.6 is 0 Å². The maximum absolute atomic E-state index is 14.5. The molecular weight excluding hydrogens is 501 g/mol. The maximum atomic E-state index is 14.5. The molecule has 0 radical (unpaired) electrons. The maximum Gasteiger partial charge on any atom is 0.434 e. The lowest BCUT2D eigenvalue weighted by molar-refractivity contribution is -0.148. The van der Waals surface area contributed by atoms with Gasteiger partial charge in [-0.15, -0.1) is 0 Å². The molecule has 3 N–H and O–H groups in total. The van der Waals surface area contributed by atoms with Gasteiger partial charge in [0, 0.05) is 31.8 Å². The van der Waals surface area contributed by atoms with Gasteiger partial charge in [-0.3, -0.25) is 14.8 Å². The molecule has 1 amide bonds. The van der Waals surface area contributed by atoms with Crippen molar-refractivity contribution in [3.8, 4) is 5.75 Å². The minimum atomic E-state index is -4.65. The Morgan fingerprint density at radius 3 is 2.54 bits per heavy atom. The molecule has 0 saturated carbocycles. The molecule has 0 bridgehead atoms. The highest BCUT2D eigenvalue weighted by molar-refractivity contribution is 6.18. The summed E-state index contributed by atoms with van der Waals surface area (Å²) in [5, 5.41) is 2.78. The average Bonchev–Trinajstić information content (AvgIpc) is 2.85. The van der Waals surface area contributed by atoms with Gasteiger partial charge >= 0.3 is 6.18 Å². The molecule has 1 fully saturated rings. The number of hydrogen-bond acceptors (Lipinski definition) is 8. The highest BCUT2D eigenvalue weighted by Gasteiger charge is 2.46. The largest absolute Gasteiger partial charge is 0.495 e. The fourth-order valence-corrected chi connectivity index (χ4v) is 3.99. The first kappa shape index (κ1) is 27.7. The number of rotatable bonds is 7. The second kappa shape index (κ2) is 11.0. The lowest BCUT2D eigenvalue weighted by Gasteiger charge is -2.43. The molecule has 0 spiro atoms. The van der Waals surface area contributed by atoms with Crippen molar-refractivity contribution in [2.24, 2.45) is 16.6 Å². The van der Waals surface area contributed by atoms with Gasteiger partial charge < -0.3 is 20.7 Å². The van der Waals surface area contributed by atoms with Crippen LogP contribution in [0.15, 0.2) is 41.4 Å². The van der Waals surface area contributed by atoms with Gasteiger partial charge in [0.15, 0.2) is 5.69 Å². The number of carbonyl (C=O) groups excluding carboxylic acids is 1. The number of carbonyl (C=O) groups is 1. The highest BCUT2D eigenvalue weighted by Crippen LogP contribution is 2.35. The van der Waals surface area contributed by atoms with E-state index in [1.54, 1.807) is 19.1 Å². The SMILES string of the molecule is CN=CC(=C(N)C(=O)N1CC(F)(F)CC(C)[C@H]1CNc1cnc(C(F)(F)F)cn1)c1ccc(OC)cn1. The first-order valence-electron chi connectivity index (χ1n) is 11.1. The van der Waals surface area contributed by atoms with Gasteiger partial charge in [0.05, 0.1) is 44.0 Å². The number of ether oxygens (including phenoxy) is 1. The smallest absolute Gasteiger partial charge is 0.434 e. The third-order valence-corrected chi connectivity index (χ3v) is 5.80. The summed E-state index contributed by atoms with van der Waals surface area (Å²) in [7, 11) is 2.91. The number of nitrogens with zero attached hydrogens (tertiary/aromatic N) is 5. The summed E-state index contributed by atoms with van der Waals surface area (Å²) >= 11 is 0. The molecule has 1 aliphatic rings. The number of anilines is 1. The first-order valence-corrected chi connectivity index (χ1v) is 11.1. The van der Waals surface area contributed by atoms with E-state index in [9.17, 15) is 26.7 Å². The molecule has 2 atom stereocenters. The van der Waals surface area contributed by atoms with Gasteiger partial charge in [-0.1, -0.05) is 6.92 Å². The predicted molar refractivity (Wildman–Crippen MR) is 126 cm³/mol. The van der Waals surface area contributed by atoms with Gasteiger partial charge in [-0.2, -0.15) is 13.2 Å². The normalized spacial score (nSPS) is 20.5. The van der Waals surface area contributed by atoms with E-state index >= 15 is 0 Å². The number of alkyl halides is 5. The summed E-state index contributed by atoms with van der Waals surface area (Å²) in [5.41, 5.74) is 5.08. The van der Waals surface area contributed by atoms with Crippen molar-refractivity contribution in [3.05, 3.63) is 47.8 Å². The number of hydrogen-bond donors (Lipinski definition) is 2. The molecule has 2 aromatic heterocycles. The molecule has 2 aromatic rings. The monoisotopic (exact) mass is 527 g/mol. The van der Waals surface area contributed by atoms with Crippen LogP contribution < -0.4 is 15.8 Å². The second-order valence-electron chi connectivity index (χ2n) is 8.50. The minimum Gasteiger partial charge on any atom is -0.495 e. The van der Waals surface area contributed by atoms with Crippen molar-refractivity contribution in [2.45, 2.75) is 31.5 Å². The van der Waals surface area contributed by atoms with Crippen molar-refractivity contribution in [2.75, 3.05) is 32.6 Å². The van der Waals surface area contributed by atoms with Gasteiger partial charge in [0.25, 0.3) is 11.8 Å². The fraction of sp³-hybridized carbons (Fsp3) is 0.435. The van der Waals surface area contributed by atoms with E-state index in [4.69, 9.17) is 10.5 Å². The number of aromatic nitrogens is 3. The molecule has 37 heavy (non-hydrogen) atoms. The Morgan fingerprint density at radius 2 is 2.00 bits per heavy atom. The summed E-state index contributed by atoms with van der Waals surface area (Å²) in [5.74, 6) is -4.25. The van der Waals surface area contributed by atoms with E-state index in [0.717, 1.165) is 11.1 Å². The lowest BCUT2D eigenvalue weighted by Crippen LogP contribution is -2.58. The van der Waals surface area contributed by atoms with Crippen molar-refractivity contribution in [3.63, 3.8) is 0 Å². The van der Waals surface area contributed by atoms with E-state index in [0.29, 0.717) is 11.9 Å². The van der Waals surface area contributed by atoms with Crippen LogP contribution in [-0.2, 0) is 11.0 Å². The molecule has 1 saturated heterocycles. The van der Waals surface area contributed by atoms with E-state index in [2.05, 4.69) is 25.3 Å². The zero-order valence-electron chi connectivity index (χ0n) is 20.3. The molecule has 0 aromatic carbocycles. The summed E-state index contributed by atoms with van der Waals surface area (Å²) in [6.45, 7) is 0.584. The van der Waals surface area contributed by atoms with Crippen molar-refractivity contribution < 1.29 is 31.5 Å². The van der Waals surface area contributed by atoms with Gasteiger partial charge in [0.1, 0.15) is 17.3 Å². The van der Waals surface area contributed by atoms with Crippen LogP contribution in [0.4, 0.5) is 27.8 Å². The quantitative estimate of drug-likeness (QED) is 0.322. The number of nitrogens with one attached hydrogen (secondary N) is 1. The number of nitrogens with two attached hydrogens (primary N) is 1. The average molecular weight is 527 g/mol. The van der Waals surface area contributed by atoms with E-state index in [1.165, 1.54) is 26.6 Å². The third-order valence-electron chi connectivity index (χ3n) is 5.80. The van der Waals surface area contributed by atoms with Crippen LogP contribution in [0.25, 0.3) is 5.57 Å². The van der Waals surface area contributed by atoms with Gasteiger partial charge in [0.2, 0.25) is 0 Å². The zero-order valence-corrected chi connectivity index (χ0v) is 20.3. The van der Waals surface area contributed by atoms with Crippen LogP contribution in [0.5, 0.6) is 5.75 Å². The number of allylic oxidation sites excluding steroid dienone is 1. The molecule has 200 valence electrons. The molecule has 3 heterocycles. The number of halogens is 5.